The molecule has 0 aliphatic carbocycles. The van der Waals surface area contributed by atoms with Gasteiger partial charge in [-0.1, -0.05) is 20.3 Å². The number of methoxy groups -OCH3 is 1. The van der Waals surface area contributed by atoms with Gasteiger partial charge in [0.1, 0.15) is 12.1 Å². The summed E-state index contributed by atoms with van der Waals surface area (Å²) in [6, 6.07) is 1.23. The van der Waals surface area contributed by atoms with Crippen LogP contribution in [0.4, 0.5) is 5.82 Å². The maximum Gasteiger partial charge on any atom is 0.135 e. The average molecular weight is 404 g/mol. The zero-order valence-electron chi connectivity index (χ0n) is 19.2. The molecule has 0 aromatic carbocycles. The molecule has 0 radical (unpaired) electrons. The molecule has 0 N–H and O–H groups in total. The first-order valence-corrected chi connectivity index (χ1v) is 11.6. The number of ether oxygens (including phenoxy) is 1. The number of hydrogen-bond acceptors (Lipinski definition) is 6. The lowest BCUT2D eigenvalue weighted by Gasteiger charge is -2.41. The van der Waals surface area contributed by atoms with E-state index in [4.69, 9.17) is 9.72 Å². The highest BCUT2D eigenvalue weighted by Crippen LogP contribution is 2.29. The van der Waals surface area contributed by atoms with Crippen molar-refractivity contribution in [3.63, 3.8) is 0 Å². The van der Waals surface area contributed by atoms with Gasteiger partial charge < -0.3 is 9.64 Å². The van der Waals surface area contributed by atoms with E-state index in [2.05, 4.69) is 47.4 Å². The quantitative estimate of drug-likeness (QED) is 0.631. The van der Waals surface area contributed by atoms with Crippen molar-refractivity contribution in [3.8, 4) is 0 Å². The van der Waals surface area contributed by atoms with Crippen molar-refractivity contribution in [2.45, 2.75) is 72.0 Å². The van der Waals surface area contributed by atoms with E-state index in [0.29, 0.717) is 18.0 Å². The predicted octanol–water partition coefficient (Wildman–Crippen LogP) is 3.21. The van der Waals surface area contributed by atoms with Gasteiger partial charge in [-0.05, 0) is 39.0 Å². The van der Waals surface area contributed by atoms with Gasteiger partial charge >= 0.3 is 0 Å². The van der Waals surface area contributed by atoms with Crippen LogP contribution in [-0.2, 0) is 17.7 Å². The van der Waals surface area contributed by atoms with E-state index < -0.39 is 0 Å². The fourth-order valence-electron chi connectivity index (χ4n) is 4.86. The highest BCUT2D eigenvalue weighted by Gasteiger charge is 2.29. The number of anilines is 1. The molecule has 3 heterocycles. The van der Waals surface area contributed by atoms with Crippen LogP contribution in [0.3, 0.4) is 0 Å². The smallest absolute Gasteiger partial charge is 0.135 e. The molecule has 0 amide bonds. The highest BCUT2D eigenvalue weighted by molar-refractivity contribution is 5.50. The van der Waals surface area contributed by atoms with Crippen LogP contribution >= 0.6 is 0 Å². The second-order valence-corrected chi connectivity index (χ2v) is 9.00. The molecule has 3 unspecified atom stereocenters. The summed E-state index contributed by atoms with van der Waals surface area (Å²) >= 11 is 0. The van der Waals surface area contributed by atoms with Crippen LogP contribution < -0.4 is 4.90 Å². The van der Waals surface area contributed by atoms with E-state index in [1.165, 1.54) is 29.9 Å². The Balaban J connectivity index is 1.63. The Hall–Kier alpha value is -1.24. The monoisotopic (exact) mass is 403 g/mol. The molecule has 1 aromatic heterocycles. The summed E-state index contributed by atoms with van der Waals surface area (Å²) in [5.74, 6) is 1.81. The van der Waals surface area contributed by atoms with Gasteiger partial charge in [-0.3, -0.25) is 9.80 Å². The van der Waals surface area contributed by atoms with Crippen LogP contribution in [0.25, 0.3) is 0 Å². The Morgan fingerprint density at radius 1 is 1.00 bits per heavy atom. The van der Waals surface area contributed by atoms with E-state index >= 15 is 0 Å². The first-order chi connectivity index (χ1) is 14.0. The summed E-state index contributed by atoms with van der Waals surface area (Å²) in [7, 11) is 1.79. The molecule has 6 heteroatoms. The van der Waals surface area contributed by atoms with Gasteiger partial charge in [0, 0.05) is 70.6 Å². The van der Waals surface area contributed by atoms with Crippen LogP contribution in [0, 0.1) is 5.92 Å². The standard InChI is InChI=1S/C23H41N5O/c1-6-7-19(3)26-11-13-27(14-12-26)23-21-8-10-28(16-22(21)24-17-25-23)20(4)18(2)9-15-29-5/h17-20H,6-16H2,1-5H3. The molecule has 0 spiro atoms. The molecule has 2 aliphatic heterocycles. The minimum Gasteiger partial charge on any atom is -0.385 e. The summed E-state index contributed by atoms with van der Waals surface area (Å²) in [5.41, 5.74) is 2.62. The summed E-state index contributed by atoms with van der Waals surface area (Å²) in [5, 5.41) is 0. The Morgan fingerprint density at radius 3 is 2.45 bits per heavy atom. The lowest BCUT2D eigenvalue weighted by molar-refractivity contribution is 0.113. The molecule has 0 saturated carbocycles. The van der Waals surface area contributed by atoms with Crippen LogP contribution in [0.1, 0.15) is 58.2 Å². The summed E-state index contributed by atoms with van der Waals surface area (Å²) < 4.78 is 5.28. The lowest BCUT2D eigenvalue weighted by Crippen LogP contribution is -2.50. The third kappa shape index (κ3) is 5.47. The van der Waals surface area contributed by atoms with Crippen LogP contribution in [-0.4, -0.2) is 78.3 Å². The molecule has 6 nitrogen and oxygen atoms in total. The van der Waals surface area contributed by atoms with E-state index in [-0.39, 0.29) is 0 Å². The minimum absolute atomic E-state index is 0.542. The van der Waals surface area contributed by atoms with Crippen molar-refractivity contribution in [2.24, 2.45) is 5.92 Å². The van der Waals surface area contributed by atoms with E-state index in [1.54, 1.807) is 13.4 Å². The van der Waals surface area contributed by atoms with Gasteiger partial charge in [-0.25, -0.2) is 9.97 Å². The van der Waals surface area contributed by atoms with Crippen molar-refractivity contribution >= 4 is 5.82 Å². The van der Waals surface area contributed by atoms with Crippen LogP contribution in [0.5, 0.6) is 0 Å². The maximum absolute atomic E-state index is 5.28. The van der Waals surface area contributed by atoms with Crippen molar-refractivity contribution in [1.82, 2.24) is 19.8 Å². The Morgan fingerprint density at radius 2 is 1.76 bits per heavy atom. The molecule has 1 fully saturated rings. The third-order valence-corrected chi connectivity index (χ3v) is 7.13. The molecule has 29 heavy (non-hydrogen) atoms. The third-order valence-electron chi connectivity index (χ3n) is 7.13. The molecule has 2 aliphatic rings. The molecule has 3 atom stereocenters. The Kier molecular flexibility index (Phi) is 8.27. The molecule has 1 aromatic rings. The van der Waals surface area contributed by atoms with E-state index in [1.807, 2.05) is 0 Å². The van der Waals surface area contributed by atoms with Crippen molar-refractivity contribution in [2.75, 3.05) is 51.3 Å². The van der Waals surface area contributed by atoms with E-state index in [9.17, 15) is 0 Å². The van der Waals surface area contributed by atoms with Crippen molar-refractivity contribution < 1.29 is 4.74 Å². The fraction of sp³-hybridized carbons (Fsp3) is 0.826. The second kappa shape index (κ2) is 10.7. The molecule has 0 bridgehead atoms. The van der Waals surface area contributed by atoms with Gasteiger partial charge in [0.2, 0.25) is 0 Å². The number of nitrogens with zero attached hydrogens (tertiary/aromatic N) is 5. The highest BCUT2D eigenvalue weighted by atomic mass is 16.5. The zero-order valence-corrected chi connectivity index (χ0v) is 19.2. The number of piperazine rings is 1. The first kappa shape index (κ1) is 22.4. The zero-order chi connectivity index (χ0) is 20.8. The maximum atomic E-state index is 5.28. The largest absolute Gasteiger partial charge is 0.385 e. The summed E-state index contributed by atoms with van der Waals surface area (Å²) in [6.45, 7) is 16.6. The van der Waals surface area contributed by atoms with Gasteiger partial charge in [0.25, 0.3) is 0 Å². The molecule has 1 saturated heterocycles. The van der Waals surface area contributed by atoms with Crippen LogP contribution in [0.2, 0.25) is 0 Å². The second-order valence-electron chi connectivity index (χ2n) is 9.00. The SMILES string of the molecule is CCCC(C)N1CCN(c2ncnc3c2CCN(C(C)C(C)CCOC)C3)CC1. The molecule has 164 valence electrons. The average Bonchev–Trinajstić information content (AvgIpc) is 2.76. The normalized spacial score (nSPS) is 21.6. The number of fused-ring (bicyclic) bond motifs is 1. The first-order valence-electron chi connectivity index (χ1n) is 11.6. The number of aromatic nitrogens is 2. The lowest BCUT2D eigenvalue weighted by atomic mass is 9.95. The van der Waals surface area contributed by atoms with Gasteiger partial charge in [0.05, 0.1) is 5.69 Å². The minimum atomic E-state index is 0.542. The van der Waals surface area contributed by atoms with E-state index in [0.717, 1.165) is 58.7 Å². The predicted molar refractivity (Wildman–Crippen MR) is 119 cm³/mol. The molecular weight excluding hydrogens is 362 g/mol. The van der Waals surface area contributed by atoms with Gasteiger partial charge in [-0.2, -0.15) is 0 Å². The topological polar surface area (TPSA) is 44.7 Å². The number of rotatable bonds is 9. The summed E-state index contributed by atoms with van der Waals surface area (Å²) in [4.78, 5) is 17.1. The summed E-state index contributed by atoms with van der Waals surface area (Å²) in [6.07, 6.45) is 6.50. The van der Waals surface area contributed by atoms with Crippen molar-refractivity contribution in [3.05, 3.63) is 17.6 Å². The fourth-order valence-corrected chi connectivity index (χ4v) is 4.86. The van der Waals surface area contributed by atoms with Gasteiger partial charge in [-0.15, -0.1) is 0 Å². The molecular formula is C23H41N5O. The Labute approximate surface area is 177 Å². The Bertz CT molecular complexity index is 632. The van der Waals surface area contributed by atoms with Crippen LogP contribution in [0.15, 0.2) is 6.33 Å². The number of hydrogen-bond donors (Lipinski definition) is 0. The van der Waals surface area contributed by atoms with Crippen molar-refractivity contribution in [1.29, 1.82) is 0 Å². The van der Waals surface area contributed by atoms with Gasteiger partial charge in [0.15, 0.2) is 0 Å². The molecule has 3 rings (SSSR count).